The van der Waals surface area contributed by atoms with Crippen molar-refractivity contribution in [1.29, 1.82) is 0 Å². The van der Waals surface area contributed by atoms with Crippen molar-refractivity contribution in [3.05, 3.63) is 62.2 Å². The molecule has 1 aliphatic rings. The molecule has 0 bridgehead atoms. The minimum Gasteiger partial charge on any atom is -0.451 e. The van der Waals surface area contributed by atoms with Crippen molar-refractivity contribution in [3.63, 3.8) is 0 Å². The number of benzene rings is 1. The normalized spacial score (nSPS) is 13.3. The number of hydrogen-bond donors (Lipinski definition) is 3. The van der Waals surface area contributed by atoms with Gasteiger partial charge in [-0.25, -0.2) is 4.98 Å². The zero-order valence-electron chi connectivity index (χ0n) is 17.5. The van der Waals surface area contributed by atoms with E-state index in [4.69, 9.17) is 4.42 Å². The summed E-state index contributed by atoms with van der Waals surface area (Å²) in [4.78, 5) is 46.6. The number of hydrogen-bond acceptors (Lipinski definition) is 6. The van der Waals surface area contributed by atoms with Crippen molar-refractivity contribution in [2.45, 2.75) is 45.4 Å². The molecule has 4 aromatic rings. The molecular weight excluding hydrogens is 428 g/mol. The van der Waals surface area contributed by atoms with Crippen molar-refractivity contribution >= 4 is 44.3 Å². The minimum absolute atomic E-state index is 0.0684. The summed E-state index contributed by atoms with van der Waals surface area (Å²) in [5.74, 6) is -0.287. The average molecular weight is 451 g/mol. The van der Waals surface area contributed by atoms with E-state index in [1.165, 1.54) is 4.88 Å². The number of carbonyl (C=O) groups is 2. The Morgan fingerprint density at radius 1 is 1.19 bits per heavy atom. The summed E-state index contributed by atoms with van der Waals surface area (Å²) in [6.45, 7) is 1.79. The van der Waals surface area contributed by atoms with Gasteiger partial charge in [-0.1, -0.05) is 18.2 Å². The Morgan fingerprint density at radius 2 is 2.00 bits per heavy atom. The van der Waals surface area contributed by atoms with Crippen LogP contribution in [0.15, 0.2) is 33.5 Å². The third-order valence-corrected chi connectivity index (χ3v) is 7.01. The highest BCUT2D eigenvalue weighted by atomic mass is 32.1. The lowest BCUT2D eigenvalue weighted by molar-refractivity contribution is -0.121. The van der Waals surface area contributed by atoms with E-state index >= 15 is 0 Å². The molecule has 0 spiro atoms. The van der Waals surface area contributed by atoms with E-state index in [1.54, 1.807) is 24.3 Å². The fourth-order valence-electron chi connectivity index (χ4n) is 4.20. The fourth-order valence-corrected chi connectivity index (χ4v) is 5.48. The molecule has 0 atom stereocenters. The van der Waals surface area contributed by atoms with Crippen LogP contribution in [0.3, 0.4) is 0 Å². The molecule has 0 saturated heterocycles. The molecule has 3 aromatic heterocycles. The second-order valence-electron chi connectivity index (χ2n) is 7.96. The molecule has 0 radical (unpaired) electrons. The topological polar surface area (TPSA) is 117 Å². The predicted molar refractivity (Wildman–Crippen MR) is 122 cm³/mol. The van der Waals surface area contributed by atoms with Gasteiger partial charge in [-0.15, -0.1) is 11.3 Å². The third kappa shape index (κ3) is 3.69. The largest absolute Gasteiger partial charge is 0.451 e. The zero-order valence-corrected chi connectivity index (χ0v) is 18.4. The van der Waals surface area contributed by atoms with Crippen LogP contribution in [0, 0.1) is 6.92 Å². The van der Waals surface area contributed by atoms with Gasteiger partial charge in [-0.3, -0.25) is 25.2 Å². The van der Waals surface area contributed by atoms with E-state index in [-0.39, 0.29) is 30.1 Å². The number of aryl methyl sites for hydroxylation is 4. The molecule has 5 rings (SSSR count). The summed E-state index contributed by atoms with van der Waals surface area (Å²) < 4.78 is 5.60. The van der Waals surface area contributed by atoms with Crippen LogP contribution in [0.2, 0.25) is 0 Å². The van der Waals surface area contributed by atoms with Crippen LogP contribution in [0.1, 0.15) is 51.6 Å². The first kappa shape index (κ1) is 20.4. The molecule has 164 valence electrons. The van der Waals surface area contributed by atoms with Crippen molar-refractivity contribution in [2.24, 2.45) is 0 Å². The molecule has 0 saturated carbocycles. The molecule has 0 aliphatic heterocycles. The van der Waals surface area contributed by atoms with Crippen LogP contribution in [-0.4, -0.2) is 21.8 Å². The Balaban J connectivity index is 1.22. The summed E-state index contributed by atoms with van der Waals surface area (Å²) in [5.41, 5.74) is 7.11. The summed E-state index contributed by atoms with van der Waals surface area (Å²) >= 11 is 1.58. The van der Waals surface area contributed by atoms with Gasteiger partial charge in [0.1, 0.15) is 16.2 Å². The molecule has 32 heavy (non-hydrogen) atoms. The lowest BCUT2D eigenvalue weighted by atomic mass is 9.97. The van der Waals surface area contributed by atoms with E-state index in [2.05, 4.69) is 20.8 Å². The highest BCUT2D eigenvalue weighted by Crippen LogP contribution is 2.33. The monoisotopic (exact) mass is 450 g/mol. The Kier molecular flexibility index (Phi) is 5.26. The molecule has 9 heteroatoms. The van der Waals surface area contributed by atoms with E-state index in [9.17, 15) is 14.4 Å². The Labute approximate surface area is 187 Å². The number of para-hydroxylation sites is 1. The number of amides is 2. The van der Waals surface area contributed by atoms with Crippen molar-refractivity contribution < 1.29 is 14.0 Å². The number of H-pyrrole nitrogens is 1. The van der Waals surface area contributed by atoms with Crippen molar-refractivity contribution in [1.82, 2.24) is 20.8 Å². The number of thiophene rings is 1. The van der Waals surface area contributed by atoms with Crippen LogP contribution in [0.5, 0.6) is 0 Å². The maximum atomic E-state index is 12.6. The standard InChI is InChI=1S/C23H22N4O4S/c1-12-13-6-2-4-8-15(13)31-20(12)22(30)27-26-18(28)11-10-17-24-21(29)19-14-7-3-5-9-16(14)32-23(19)25-17/h2,4,6,8H,3,5,7,9-11H2,1H3,(H,26,28)(H,27,30)(H,24,25,29). The first-order chi connectivity index (χ1) is 15.5. The summed E-state index contributed by atoms with van der Waals surface area (Å²) in [6.07, 6.45) is 4.49. The predicted octanol–water partition coefficient (Wildman–Crippen LogP) is 3.31. The van der Waals surface area contributed by atoms with Gasteiger partial charge in [-0.2, -0.15) is 0 Å². The molecule has 2 amide bonds. The van der Waals surface area contributed by atoms with Gasteiger partial charge < -0.3 is 9.40 Å². The number of nitrogens with zero attached hydrogens (tertiary/aromatic N) is 1. The van der Waals surface area contributed by atoms with Gasteiger partial charge in [0.05, 0.1) is 5.39 Å². The minimum atomic E-state index is -0.524. The first-order valence-corrected chi connectivity index (χ1v) is 11.4. The summed E-state index contributed by atoms with van der Waals surface area (Å²) in [7, 11) is 0. The highest BCUT2D eigenvalue weighted by Gasteiger charge is 2.20. The van der Waals surface area contributed by atoms with Gasteiger partial charge in [-0.05, 0) is 44.2 Å². The molecule has 8 nitrogen and oxygen atoms in total. The molecule has 0 fully saturated rings. The molecule has 3 heterocycles. The second kappa shape index (κ2) is 8.23. The lowest BCUT2D eigenvalue weighted by Crippen LogP contribution is -2.41. The number of rotatable bonds is 4. The second-order valence-corrected chi connectivity index (χ2v) is 9.04. The van der Waals surface area contributed by atoms with E-state index in [1.807, 2.05) is 18.2 Å². The van der Waals surface area contributed by atoms with Gasteiger partial charge in [0.15, 0.2) is 5.76 Å². The van der Waals surface area contributed by atoms with Crippen LogP contribution in [0.4, 0.5) is 0 Å². The summed E-state index contributed by atoms with van der Waals surface area (Å²) in [5, 5.41) is 1.55. The van der Waals surface area contributed by atoms with Crippen LogP contribution < -0.4 is 16.4 Å². The SMILES string of the molecule is Cc1c(C(=O)NNC(=O)CCc2nc3sc4c(c3c(=O)[nH]2)CCCC4)oc2ccccc12. The number of aromatic nitrogens is 2. The van der Waals surface area contributed by atoms with Crippen LogP contribution in [0.25, 0.3) is 21.2 Å². The number of fused-ring (bicyclic) bond motifs is 4. The fraction of sp³-hybridized carbons (Fsp3) is 0.304. The number of furan rings is 1. The van der Waals surface area contributed by atoms with Crippen LogP contribution in [-0.2, 0) is 24.1 Å². The Morgan fingerprint density at radius 3 is 2.84 bits per heavy atom. The van der Waals surface area contributed by atoms with Crippen molar-refractivity contribution in [2.75, 3.05) is 0 Å². The zero-order chi connectivity index (χ0) is 22.2. The van der Waals surface area contributed by atoms with Crippen LogP contribution >= 0.6 is 11.3 Å². The lowest BCUT2D eigenvalue weighted by Gasteiger charge is -2.09. The van der Waals surface area contributed by atoms with E-state index in [0.29, 0.717) is 22.4 Å². The number of aromatic amines is 1. The van der Waals surface area contributed by atoms with E-state index in [0.717, 1.165) is 41.5 Å². The third-order valence-electron chi connectivity index (χ3n) is 5.83. The maximum Gasteiger partial charge on any atom is 0.305 e. The molecular formula is C23H22N4O4S. The summed E-state index contributed by atoms with van der Waals surface area (Å²) in [6, 6.07) is 7.36. The number of nitrogens with one attached hydrogen (secondary N) is 3. The smallest absolute Gasteiger partial charge is 0.305 e. The van der Waals surface area contributed by atoms with Gasteiger partial charge >= 0.3 is 5.91 Å². The average Bonchev–Trinajstić information content (AvgIpc) is 3.34. The molecule has 1 aromatic carbocycles. The maximum absolute atomic E-state index is 12.6. The molecule has 1 aliphatic carbocycles. The van der Waals surface area contributed by atoms with Gasteiger partial charge in [0.2, 0.25) is 5.91 Å². The quantitative estimate of drug-likeness (QED) is 0.413. The molecule has 3 N–H and O–H groups in total. The first-order valence-electron chi connectivity index (χ1n) is 10.6. The van der Waals surface area contributed by atoms with E-state index < -0.39 is 5.91 Å². The number of carbonyl (C=O) groups excluding carboxylic acids is 2. The highest BCUT2D eigenvalue weighted by molar-refractivity contribution is 7.18. The Hall–Kier alpha value is -3.46. The number of hydrazine groups is 1. The molecule has 0 unspecified atom stereocenters. The van der Waals surface area contributed by atoms with Gasteiger partial charge in [0, 0.05) is 28.7 Å². The Bertz CT molecular complexity index is 1410. The van der Waals surface area contributed by atoms with Crippen molar-refractivity contribution in [3.8, 4) is 0 Å². The van der Waals surface area contributed by atoms with Gasteiger partial charge in [0.25, 0.3) is 5.56 Å².